The first-order valence-corrected chi connectivity index (χ1v) is 12.0. The number of benzene rings is 1. The lowest BCUT2D eigenvalue weighted by Crippen LogP contribution is -2.46. The Morgan fingerprint density at radius 3 is 2.79 bits per heavy atom. The second kappa shape index (κ2) is 7.64. The van der Waals surface area contributed by atoms with Gasteiger partial charge in [0.1, 0.15) is 0 Å². The van der Waals surface area contributed by atoms with Crippen LogP contribution in [0.1, 0.15) is 47.8 Å². The van der Waals surface area contributed by atoms with Gasteiger partial charge in [0.15, 0.2) is 11.5 Å². The van der Waals surface area contributed by atoms with Gasteiger partial charge in [-0.1, -0.05) is 25.0 Å². The van der Waals surface area contributed by atoms with Gasteiger partial charge in [-0.3, -0.25) is 4.79 Å². The van der Waals surface area contributed by atoms with Gasteiger partial charge in [0.2, 0.25) is 12.7 Å². The molecule has 3 aliphatic rings. The highest BCUT2D eigenvalue weighted by Crippen LogP contribution is 2.46. The number of thiophene rings is 1. The number of hydrogen-bond donors (Lipinski definition) is 0. The van der Waals surface area contributed by atoms with E-state index in [1.165, 1.54) is 10.4 Å². The molecule has 1 aromatic heterocycles. The van der Waals surface area contributed by atoms with Gasteiger partial charge >= 0.3 is 0 Å². The van der Waals surface area contributed by atoms with Gasteiger partial charge < -0.3 is 14.4 Å². The van der Waals surface area contributed by atoms with Crippen molar-refractivity contribution >= 4 is 29.0 Å². The maximum Gasteiger partial charge on any atom is 0.234 e. The van der Waals surface area contributed by atoms with E-state index in [-0.39, 0.29) is 5.41 Å². The molecule has 5 rings (SSSR count). The zero-order valence-corrected chi connectivity index (χ0v) is 17.5. The third-order valence-electron chi connectivity index (χ3n) is 6.26. The second-order valence-electron chi connectivity index (χ2n) is 7.82. The molecule has 3 heterocycles. The first-order valence-electron chi connectivity index (χ1n) is 10.1. The molecule has 148 valence electrons. The number of amides is 1. The van der Waals surface area contributed by atoms with E-state index >= 15 is 0 Å². The summed E-state index contributed by atoms with van der Waals surface area (Å²) >= 11 is 3.70. The van der Waals surface area contributed by atoms with Crippen molar-refractivity contribution < 1.29 is 14.3 Å². The molecule has 2 aromatic rings. The van der Waals surface area contributed by atoms with Crippen LogP contribution in [0.3, 0.4) is 0 Å². The maximum atomic E-state index is 13.7. The van der Waals surface area contributed by atoms with Crippen molar-refractivity contribution in [3.05, 3.63) is 46.2 Å². The third kappa shape index (κ3) is 3.20. The molecule has 4 nitrogen and oxygen atoms in total. The Morgan fingerprint density at radius 2 is 1.96 bits per heavy atom. The number of ether oxygens (including phenoxy) is 2. The molecule has 0 radical (unpaired) electrons. The van der Waals surface area contributed by atoms with Crippen molar-refractivity contribution in [2.75, 3.05) is 25.6 Å². The third-order valence-corrected chi connectivity index (χ3v) is 8.66. The molecule has 6 heteroatoms. The summed E-state index contributed by atoms with van der Waals surface area (Å²) in [5.41, 5.74) is 1.01. The maximum absolute atomic E-state index is 13.7. The molecule has 1 saturated carbocycles. The van der Waals surface area contributed by atoms with Crippen molar-refractivity contribution in [1.29, 1.82) is 0 Å². The van der Waals surface area contributed by atoms with Crippen molar-refractivity contribution in [3.63, 3.8) is 0 Å². The first-order chi connectivity index (χ1) is 13.8. The smallest absolute Gasteiger partial charge is 0.234 e. The summed E-state index contributed by atoms with van der Waals surface area (Å²) in [6.45, 7) is 1.99. The van der Waals surface area contributed by atoms with Crippen LogP contribution in [-0.4, -0.2) is 36.4 Å². The molecule has 0 N–H and O–H groups in total. The standard InChI is InChI=1S/C22H25NO3S2/c24-21(22(8-1-2-9-22)20-4-3-12-28-20)23-10-7-19(27-13-11-23)16-5-6-17-18(14-16)26-15-25-17/h3-6,12,14,19H,1-2,7-11,13,15H2/t19-/m1/s1. The molecular formula is C22H25NO3S2. The molecule has 2 aliphatic heterocycles. The lowest BCUT2D eigenvalue weighted by molar-refractivity contribution is -0.137. The molecule has 1 atom stereocenters. The average Bonchev–Trinajstić information content (AvgIpc) is 3.46. The zero-order valence-electron chi connectivity index (χ0n) is 15.9. The number of thioether (sulfide) groups is 1. The van der Waals surface area contributed by atoms with Gasteiger partial charge in [0.05, 0.1) is 5.41 Å². The van der Waals surface area contributed by atoms with Crippen LogP contribution in [0.4, 0.5) is 0 Å². The monoisotopic (exact) mass is 415 g/mol. The molecule has 0 bridgehead atoms. The van der Waals surface area contributed by atoms with E-state index in [2.05, 4.69) is 34.5 Å². The van der Waals surface area contributed by atoms with E-state index in [9.17, 15) is 4.79 Å². The summed E-state index contributed by atoms with van der Waals surface area (Å²) < 4.78 is 11.0. The van der Waals surface area contributed by atoms with E-state index in [0.29, 0.717) is 18.0 Å². The van der Waals surface area contributed by atoms with Crippen LogP contribution < -0.4 is 9.47 Å². The topological polar surface area (TPSA) is 38.8 Å². The van der Waals surface area contributed by atoms with Gasteiger partial charge in [-0.15, -0.1) is 11.3 Å². The van der Waals surface area contributed by atoms with E-state index in [1.54, 1.807) is 11.3 Å². The predicted octanol–water partition coefficient (Wildman–Crippen LogP) is 5.00. The lowest BCUT2D eigenvalue weighted by atomic mass is 9.82. The molecule has 0 spiro atoms. The SMILES string of the molecule is O=C(N1CCS[C@@H](c2ccc3c(c2)OCO3)CC1)C1(c2cccs2)CCCC1. The van der Waals surface area contributed by atoms with Crippen molar-refractivity contribution in [2.24, 2.45) is 0 Å². The van der Waals surface area contributed by atoms with Crippen LogP contribution in [-0.2, 0) is 10.2 Å². The van der Waals surface area contributed by atoms with E-state index in [0.717, 1.165) is 62.4 Å². The fourth-order valence-corrected chi connectivity index (χ4v) is 6.95. The highest BCUT2D eigenvalue weighted by Gasteiger charge is 2.45. The number of rotatable bonds is 3. The first kappa shape index (κ1) is 18.4. The number of nitrogens with zero attached hydrogens (tertiary/aromatic N) is 1. The number of carbonyl (C=O) groups is 1. The van der Waals surface area contributed by atoms with Crippen molar-refractivity contribution in [3.8, 4) is 11.5 Å². The lowest BCUT2D eigenvalue weighted by Gasteiger charge is -2.33. The minimum absolute atomic E-state index is 0.266. The van der Waals surface area contributed by atoms with E-state index < -0.39 is 0 Å². The van der Waals surface area contributed by atoms with Crippen LogP contribution in [0.2, 0.25) is 0 Å². The molecule has 1 aromatic carbocycles. The Labute approximate surface area is 174 Å². The van der Waals surface area contributed by atoms with Crippen LogP contribution in [0.25, 0.3) is 0 Å². The van der Waals surface area contributed by atoms with Crippen LogP contribution in [0.15, 0.2) is 35.7 Å². The second-order valence-corrected chi connectivity index (χ2v) is 10.1. The predicted molar refractivity (Wildman–Crippen MR) is 113 cm³/mol. The summed E-state index contributed by atoms with van der Waals surface area (Å²) in [7, 11) is 0. The molecule has 1 saturated heterocycles. The largest absolute Gasteiger partial charge is 0.454 e. The number of carbonyl (C=O) groups excluding carboxylic acids is 1. The fourth-order valence-electron chi connectivity index (χ4n) is 4.75. The zero-order chi connectivity index (χ0) is 19.0. The Morgan fingerprint density at radius 1 is 1.11 bits per heavy atom. The Kier molecular flexibility index (Phi) is 5.01. The average molecular weight is 416 g/mol. The van der Waals surface area contributed by atoms with Crippen molar-refractivity contribution in [1.82, 2.24) is 4.90 Å². The normalized spacial score (nSPS) is 23.6. The van der Waals surface area contributed by atoms with Crippen LogP contribution in [0.5, 0.6) is 11.5 Å². The summed E-state index contributed by atoms with van der Waals surface area (Å²) in [6.07, 6.45) is 5.30. The van der Waals surface area contributed by atoms with Crippen LogP contribution in [0, 0.1) is 0 Å². The van der Waals surface area contributed by atoms with Crippen molar-refractivity contribution in [2.45, 2.75) is 42.8 Å². The van der Waals surface area contributed by atoms with Gasteiger partial charge in [0, 0.05) is 29.0 Å². The van der Waals surface area contributed by atoms with Gasteiger partial charge in [-0.05, 0) is 48.4 Å². The highest BCUT2D eigenvalue weighted by atomic mass is 32.2. The summed E-state index contributed by atoms with van der Waals surface area (Å²) in [6, 6.07) is 10.5. The summed E-state index contributed by atoms with van der Waals surface area (Å²) in [4.78, 5) is 17.1. The molecular weight excluding hydrogens is 390 g/mol. The Hall–Kier alpha value is -1.66. The Bertz CT molecular complexity index is 845. The summed E-state index contributed by atoms with van der Waals surface area (Å²) in [5.74, 6) is 3.02. The molecule has 2 fully saturated rings. The fraction of sp³-hybridized carbons (Fsp3) is 0.500. The molecule has 1 aliphatic carbocycles. The minimum atomic E-state index is -0.266. The molecule has 28 heavy (non-hydrogen) atoms. The molecule has 1 amide bonds. The highest BCUT2D eigenvalue weighted by molar-refractivity contribution is 7.99. The summed E-state index contributed by atoms with van der Waals surface area (Å²) in [5, 5.41) is 2.50. The van der Waals surface area contributed by atoms with Gasteiger partial charge in [-0.2, -0.15) is 11.8 Å². The quantitative estimate of drug-likeness (QED) is 0.707. The van der Waals surface area contributed by atoms with Crippen LogP contribution >= 0.6 is 23.1 Å². The van der Waals surface area contributed by atoms with E-state index in [1.807, 2.05) is 17.8 Å². The minimum Gasteiger partial charge on any atom is -0.454 e. The Balaban J connectivity index is 1.32. The van der Waals surface area contributed by atoms with Gasteiger partial charge in [-0.25, -0.2) is 0 Å². The number of hydrogen-bond acceptors (Lipinski definition) is 5. The van der Waals surface area contributed by atoms with E-state index in [4.69, 9.17) is 9.47 Å². The molecule has 0 unspecified atom stereocenters. The van der Waals surface area contributed by atoms with Gasteiger partial charge in [0.25, 0.3) is 0 Å². The number of fused-ring (bicyclic) bond motifs is 1.